The van der Waals surface area contributed by atoms with Crippen molar-refractivity contribution >= 4 is 45.0 Å². The number of halogens is 3. The van der Waals surface area contributed by atoms with Gasteiger partial charge in [0.25, 0.3) is 22.9 Å². The predicted octanol–water partition coefficient (Wildman–Crippen LogP) is 4.28. The number of para-hydroxylation sites is 1. The van der Waals surface area contributed by atoms with Gasteiger partial charge in [0.2, 0.25) is 0 Å². The molecule has 20 heteroatoms. The van der Waals surface area contributed by atoms with Gasteiger partial charge in [0.05, 0.1) is 39.4 Å². The van der Waals surface area contributed by atoms with Crippen LogP contribution in [-0.2, 0) is 18.3 Å². The second-order valence-corrected chi connectivity index (χ2v) is 18.6. The fourth-order valence-electron chi connectivity index (χ4n) is 10.6. The molecule has 10 rings (SSSR count). The van der Waals surface area contributed by atoms with E-state index < -0.39 is 28.9 Å². The van der Waals surface area contributed by atoms with E-state index in [1.807, 2.05) is 18.2 Å². The average Bonchev–Trinajstić information content (AvgIpc) is 4.04. The summed E-state index contributed by atoms with van der Waals surface area (Å²) in [5, 5.41) is 17.9. The van der Waals surface area contributed by atoms with E-state index in [4.69, 9.17) is 9.97 Å². The molecular formula is C49H53F3N12O5. The monoisotopic (exact) mass is 946 g/mol. The van der Waals surface area contributed by atoms with Crippen molar-refractivity contribution in [1.29, 1.82) is 0 Å². The molecular weight excluding hydrogens is 894 g/mol. The first-order valence-corrected chi connectivity index (χ1v) is 23.5. The number of benzene rings is 2. The maximum absolute atomic E-state index is 14.6. The summed E-state index contributed by atoms with van der Waals surface area (Å²) in [5.74, 6) is -0.183. The molecule has 2 unspecified atom stereocenters. The lowest BCUT2D eigenvalue weighted by Crippen LogP contribution is -2.45. The van der Waals surface area contributed by atoms with Crippen molar-refractivity contribution in [2.75, 3.05) is 69.2 Å². The van der Waals surface area contributed by atoms with E-state index in [0.29, 0.717) is 78.9 Å². The van der Waals surface area contributed by atoms with Crippen LogP contribution in [0.15, 0.2) is 82.5 Å². The number of piperidine rings is 2. The summed E-state index contributed by atoms with van der Waals surface area (Å²) >= 11 is 0. The smallest absolute Gasteiger partial charge is 0.381 e. The number of nitrogens with one attached hydrogen (secondary N) is 4. The predicted molar refractivity (Wildman–Crippen MR) is 252 cm³/mol. The number of aromatic nitrogens is 6. The molecule has 2 atom stereocenters. The van der Waals surface area contributed by atoms with Gasteiger partial charge in [-0.1, -0.05) is 18.2 Å². The number of rotatable bonds is 10. The van der Waals surface area contributed by atoms with Crippen LogP contribution >= 0.6 is 0 Å². The van der Waals surface area contributed by atoms with Crippen LogP contribution in [0.1, 0.15) is 88.3 Å². The Balaban J connectivity index is 0.749. The third-order valence-corrected chi connectivity index (χ3v) is 14.4. The van der Waals surface area contributed by atoms with Crippen LogP contribution in [0.25, 0.3) is 21.8 Å². The Kier molecular flexibility index (Phi) is 12.4. The first kappa shape index (κ1) is 46.0. The first-order chi connectivity index (χ1) is 33.2. The van der Waals surface area contributed by atoms with E-state index in [1.165, 1.54) is 12.1 Å². The van der Waals surface area contributed by atoms with E-state index in [0.717, 1.165) is 44.6 Å². The Morgan fingerprint density at radius 3 is 2.22 bits per heavy atom. The summed E-state index contributed by atoms with van der Waals surface area (Å²) in [6.45, 7) is 4.60. The van der Waals surface area contributed by atoms with E-state index >= 15 is 0 Å². The largest absolute Gasteiger partial charge is 0.435 e. The number of aliphatic hydroxyl groups is 1. The summed E-state index contributed by atoms with van der Waals surface area (Å²) in [6.07, 6.45) is 1.04. The van der Waals surface area contributed by atoms with Crippen LogP contribution in [0.4, 0.5) is 24.5 Å². The van der Waals surface area contributed by atoms with Gasteiger partial charge in [-0.2, -0.15) is 13.2 Å². The maximum atomic E-state index is 14.6. The summed E-state index contributed by atoms with van der Waals surface area (Å²) in [7, 11) is 1.56. The Morgan fingerprint density at radius 2 is 1.48 bits per heavy atom. The fourth-order valence-corrected chi connectivity index (χ4v) is 10.6. The standard InChI is InChI=1S/C49H53F3N12O5/c1-53-45(67)37-9-7-33(26-54-37)61-19-13-32(14-20-61)64-23-17-48(69,28-64)47-58-39-24-29(6-8-35(39)44(66)60-47)25-55-46(68)38-10-11-40(41(56-38)49(50,51)52)62-21-15-31(16-22-62)63-18-12-30(27-63)42-57-36-5-3-2-4-34(36)43(65)59-42/h2-11,24,26,30-32,69H,12-23,25,27-28H2,1H3,(H,53,67)(H,55,68)(H,57,59,65)(H,58,60,66). The van der Waals surface area contributed by atoms with Crippen molar-refractivity contribution in [3.8, 4) is 0 Å². The van der Waals surface area contributed by atoms with Gasteiger partial charge in [-0.15, -0.1) is 0 Å². The molecule has 4 saturated heterocycles. The molecule has 17 nitrogen and oxygen atoms in total. The van der Waals surface area contributed by atoms with Gasteiger partial charge >= 0.3 is 6.18 Å². The number of carbonyl (C=O) groups is 2. The van der Waals surface area contributed by atoms with E-state index in [-0.39, 0.29) is 65.1 Å². The summed E-state index contributed by atoms with van der Waals surface area (Å²) in [5.41, 5.74) is -0.780. The molecule has 6 aromatic rings. The molecule has 0 radical (unpaired) electrons. The first-order valence-electron chi connectivity index (χ1n) is 23.5. The average molecular weight is 947 g/mol. The van der Waals surface area contributed by atoms with Gasteiger partial charge < -0.3 is 35.5 Å². The zero-order valence-electron chi connectivity index (χ0n) is 38.1. The summed E-state index contributed by atoms with van der Waals surface area (Å²) in [4.78, 5) is 83.0. The number of fused-ring (bicyclic) bond motifs is 2. The number of aromatic amines is 2. The van der Waals surface area contributed by atoms with Crippen LogP contribution in [0.3, 0.4) is 0 Å². The number of anilines is 2. The molecule has 5 N–H and O–H groups in total. The molecule has 4 aromatic heterocycles. The number of carbonyl (C=O) groups excluding carboxylic acids is 2. The molecule has 2 amide bonds. The fraction of sp³-hybridized carbons (Fsp3) is 0.429. The van der Waals surface area contributed by atoms with Gasteiger partial charge in [0, 0.05) is 77.4 Å². The van der Waals surface area contributed by atoms with Crippen molar-refractivity contribution in [1.82, 2.24) is 50.3 Å². The number of β-amino-alcohol motifs (C(OH)–C–C–N with tert-alkyl or cyclic N) is 1. The molecule has 69 heavy (non-hydrogen) atoms. The lowest BCUT2D eigenvalue weighted by atomic mass is 10.0. The number of H-pyrrole nitrogens is 2. The Bertz CT molecular complexity index is 3020. The minimum atomic E-state index is -4.82. The second kappa shape index (κ2) is 18.6. The number of likely N-dealkylation sites (tertiary alicyclic amines) is 2. The molecule has 8 heterocycles. The minimum Gasteiger partial charge on any atom is -0.381 e. The Labute approximate surface area is 394 Å². The van der Waals surface area contributed by atoms with Crippen LogP contribution in [0, 0.1) is 0 Å². The highest BCUT2D eigenvalue weighted by molar-refractivity contribution is 5.93. The minimum absolute atomic E-state index is 0.0493. The zero-order chi connectivity index (χ0) is 48.0. The number of pyridine rings is 2. The molecule has 4 aliphatic rings. The van der Waals surface area contributed by atoms with Gasteiger partial charge in [-0.3, -0.25) is 29.0 Å². The van der Waals surface area contributed by atoms with E-state index in [1.54, 1.807) is 54.5 Å². The molecule has 4 aliphatic heterocycles. The number of hydrogen-bond acceptors (Lipinski definition) is 13. The van der Waals surface area contributed by atoms with Crippen molar-refractivity contribution in [2.24, 2.45) is 0 Å². The molecule has 0 spiro atoms. The van der Waals surface area contributed by atoms with Crippen molar-refractivity contribution < 1.29 is 27.9 Å². The van der Waals surface area contributed by atoms with Gasteiger partial charge in [-0.05, 0) is 99.2 Å². The Morgan fingerprint density at radius 1 is 0.768 bits per heavy atom. The molecule has 0 bridgehead atoms. The SMILES string of the molecule is CNC(=O)c1ccc(N2CCC(N3CCC(O)(c4nc5cc(CNC(=O)c6ccc(N7CCC(N8CCC(c9nc%10ccccc%10c(=O)[nH]9)C8)CC7)c(C(F)(F)F)n6)ccc5c(=O)[nH]4)C3)CC2)cn1. The normalized spacial score (nSPS) is 21.1. The number of nitrogens with zero attached hydrogens (tertiary/aromatic N) is 8. The number of hydrogen-bond donors (Lipinski definition) is 5. The van der Waals surface area contributed by atoms with Crippen molar-refractivity contribution in [3.05, 3.63) is 128 Å². The third kappa shape index (κ3) is 9.39. The lowest BCUT2D eigenvalue weighted by molar-refractivity contribution is -0.140. The molecule has 0 saturated carbocycles. The summed E-state index contributed by atoms with van der Waals surface area (Å²) < 4.78 is 43.8. The van der Waals surface area contributed by atoms with Crippen molar-refractivity contribution in [2.45, 2.75) is 74.8 Å². The van der Waals surface area contributed by atoms with Crippen LogP contribution in [0.2, 0.25) is 0 Å². The van der Waals surface area contributed by atoms with E-state index in [9.17, 15) is 37.5 Å². The highest BCUT2D eigenvalue weighted by atomic mass is 19.4. The Hall–Kier alpha value is -6.77. The molecule has 360 valence electrons. The molecule has 2 aromatic carbocycles. The lowest BCUT2D eigenvalue weighted by Gasteiger charge is -2.38. The van der Waals surface area contributed by atoms with Gasteiger partial charge in [0.1, 0.15) is 28.6 Å². The second-order valence-electron chi connectivity index (χ2n) is 18.6. The highest BCUT2D eigenvalue weighted by Gasteiger charge is 2.43. The summed E-state index contributed by atoms with van der Waals surface area (Å²) in [6, 6.07) is 18.6. The number of alkyl halides is 3. The highest BCUT2D eigenvalue weighted by Crippen LogP contribution is 2.38. The van der Waals surface area contributed by atoms with Crippen LogP contribution < -0.4 is 31.6 Å². The van der Waals surface area contributed by atoms with Gasteiger partial charge in [-0.25, -0.2) is 19.9 Å². The third-order valence-electron chi connectivity index (χ3n) is 14.4. The van der Waals surface area contributed by atoms with Crippen molar-refractivity contribution in [3.63, 3.8) is 0 Å². The van der Waals surface area contributed by atoms with Crippen LogP contribution in [0.5, 0.6) is 0 Å². The quantitative estimate of drug-likeness (QED) is 0.130. The molecule has 4 fully saturated rings. The van der Waals surface area contributed by atoms with E-state index in [2.05, 4.69) is 45.3 Å². The number of amides is 2. The maximum Gasteiger partial charge on any atom is 0.435 e. The van der Waals surface area contributed by atoms with Crippen LogP contribution in [-0.4, -0.2) is 128 Å². The topological polar surface area (TPSA) is 209 Å². The van der Waals surface area contributed by atoms with Gasteiger partial charge in [0.15, 0.2) is 5.69 Å². The zero-order valence-corrected chi connectivity index (χ0v) is 38.1. The molecule has 0 aliphatic carbocycles.